The van der Waals surface area contributed by atoms with Gasteiger partial charge in [0.15, 0.2) is 0 Å². The highest BCUT2D eigenvalue weighted by atomic mass is 32.2. The molecule has 0 fully saturated rings. The molecule has 2 aromatic carbocycles. The SMILES string of the molecule is CN(Cc1ccc(CN(CC(N)=Nc2ccccc2)C2CCCc3cccnc32)cc1)S(=O)(=O)C1=CCC=CC=C1. The molecule has 2 aliphatic rings. The number of allylic oxidation sites excluding steroid dienone is 5. The summed E-state index contributed by atoms with van der Waals surface area (Å²) in [5.74, 6) is 0.555. The van der Waals surface area contributed by atoms with Crippen LogP contribution in [-0.2, 0) is 29.5 Å². The van der Waals surface area contributed by atoms with Crippen LogP contribution in [0.1, 0.15) is 47.7 Å². The molecule has 7 nitrogen and oxygen atoms in total. The van der Waals surface area contributed by atoms with Crippen LogP contribution in [0.2, 0.25) is 0 Å². The van der Waals surface area contributed by atoms with Crippen molar-refractivity contribution < 1.29 is 8.42 Å². The summed E-state index contributed by atoms with van der Waals surface area (Å²) in [6.45, 7) is 1.47. The van der Waals surface area contributed by atoms with Crippen LogP contribution in [-0.4, -0.2) is 42.0 Å². The highest BCUT2D eigenvalue weighted by Crippen LogP contribution is 2.34. The molecule has 0 spiro atoms. The number of aliphatic imine (C=N–C) groups is 1. The maximum absolute atomic E-state index is 13.1. The summed E-state index contributed by atoms with van der Waals surface area (Å²) >= 11 is 0. The van der Waals surface area contributed by atoms with Gasteiger partial charge in [0.1, 0.15) is 5.84 Å². The van der Waals surface area contributed by atoms with Crippen molar-refractivity contribution in [2.75, 3.05) is 13.6 Å². The third-order valence-corrected chi connectivity index (χ3v) is 9.33. The van der Waals surface area contributed by atoms with E-state index < -0.39 is 10.0 Å². The smallest absolute Gasteiger partial charge is 0.242 e. The topological polar surface area (TPSA) is 91.9 Å². The van der Waals surface area contributed by atoms with Gasteiger partial charge in [0, 0.05) is 26.3 Å². The maximum atomic E-state index is 13.1. The predicted octanol–water partition coefficient (Wildman–Crippen LogP) is 5.81. The Kier molecular flexibility index (Phi) is 9.24. The number of aromatic nitrogens is 1. The standard InChI is InChI=1S/C33H37N5O2S/c1-37(41(39,40)30-15-7-2-3-8-16-30)23-26-18-20-27(21-19-26)24-38(25-32(34)36-29-13-5-4-6-14-29)31-17-9-11-28-12-10-22-35-33(28)31/h2-7,10,12-16,18-22,31H,8-9,11,17,23-25H2,1H3,(H2,34,36). The fourth-order valence-electron chi connectivity index (χ4n) is 5.39. The number of rotatable bonds is 10. The van der Waals surface area contributed by atoms with Gasteiger partial charge in [-0.2, -0.15) is 4.31 Å². The van der Waals surface area contributed by atoms with Crippen LogP contribution in [0.3, 0.4) is 0 Å². The minimum Gasteiger partial charge on any atom is -0.386 e. The zero-order valence-electron chi connectivity index (χ0n) is 23.4. The number of benzene rings is 2. The van der Waals surface area contributed by atoms with Crippen LogP contribution >= 0.6 is 0 Å². The van der Waals surface area contributed by atoms with Crippen molar-refractivity contribution in [3.8, 4) is 0 Å². The number of fused-ring (bicyclic) bond motifs is 1. The number of hydrogen-bond donors (Lipinski definition) is 1. The molecular formula is C33H37N5O2S. The van der Waals surface area contributed by atoms with Crippen molar-refractivity contribution >= 4 is 21.5 Å². The first-order valence-electron chi connectivity index (χ1n) is 14.0. The van der Waals surface area contributed by atoms with Gasteiger partial charge in [0.2, 0.25) is 10.0 Å². The molecule has 1 atom stereocenters. The Labute approximate surface area is 243 Å². The van der Waals surface area contributed by atoms with E-state index in [-0.39, 0.29) is 6.04 Å². The molecule has 1 aromatic heterocycles. The summed E-state index contributed by atoms with van der Waals surface area (Å²) < 4.78 is 27.6. The second kappa shape index (κ2) is 13.2. The molecule has 0 saturated heterocycles. The summed E-state index contributed by atoms with van der Waals surface area (Å²) in [5.41, 5.74) is 11.8. The zero-order valence-corrected chi connectivity index (χ0v) is 24.2. The number of nitrogens with zero attached hydrogens (tertiary/aromatic N) is 4. The van der Waals surface area contributed by atoms with Gasteiger partial charge in [-0.15, -0.1) is 0 Å². The van der Waals surface area contributed by atoms with Crippen LogP contribution < -0.4 is 5.73 Å². The van der Waals surface area contributed by atoms with Crippen LogP contribution in [0.15, 0.2) is 113 Å². The second-order valence-electron chi connectivity index (χ2n) is 10.5. The molecule has 1 heterocycles. The van der Waals surface area contributed by atoms with E-state index in [4.69, 9.17) is 10.7 Å². The molecule has 0 bridgehead atoms. The zero-order chi connectivity index (χ0) is 28.7. The molecule has 8 heteroatoms. The third kappa shape index (κ3) is 7.27. The summed E-state index contributed by atoms with van der Waals surface area (Å²) in [4.78, 5) is 12.1. The largest absolute Gasteiger partial charge is 0.386 e. The van der Waals surface area contributed by atoms with E-state index in [1.54, 1.807) is 25.3 Å². The van der Waals surface area contributed by atoms with Gasteiger partial charge in [-0.25, -0.2) is 13.4 Å². The highest BCUT2D eigenvalue weighted by molar-refractivity contribution is 7.93. The Morgan fingerprint density at radius 1 is 1.00 bits per heavy atom. The van der Waals surface area contributed by atoms with Crippen LogP contribution in [0.25, 0.3) is 0 Å². The van der Waals surface area contributed by atoms with Gasteiger partial charge in [-0.05, 0) is 66.6 Å². The molecule has 2 N–H and O–H groups in total. The first kappa shape index (κ1) is 28.7. The summed E-state index contributed by atoms with van der Waals surface area (Å²) in [7, 11) is -1.94. The number of aryl methyl sites for hydroxylation is 1. The van der Waals surface area contributed by atoms with Crippen molar-refractivity contribution in [2.24, 2.45) is 10.7 Å². The Morgan fingerprint density at radius 2 is 1.76 bits per heavy atom. The van der Waals surface area contributed by atoms with E-state index in [1.165, 1.54) is 9.87 Å². The van der Waals surface area contributed by atoms with Crippen molar-refractivity contribution in [3.05, 3.63) is 131 Å². The summed E-state index contributed by atoms with van der Waals surface area (Å²) in [6, 6.07) is 22.2. The first-order chi connectivity index (χ1) is 19.9. The monoisotopic (exact) mass is 567 g/mol. The van der Waals surface area contributed by atoms with Crippen LogP contribution in [0.4, 0.5) is 5.69 Å². The van der Waals surface area contributed by atoms with Gasteiger partial charge in [0.25, 0.3) is 0 Å². The molecule has 5 rings (SSSR count). The Morgan fingerprint density at radius 3 is 2.54 bits per heavy atom. The Hall–Kier alpha value is -3.85. The lowest BCUT2D eigenvalue weighted by Gasteiger charge is -2.35. The third-order valence-electron chi connectivity index (χ3n) is 7.49. The summed E-state index contributed by atoms with van der Waals surface area (Å²) in [5, 5.41) is 0. The van der Waals surface area contributed by atoms with Crippen LogP contribution in [0.5, 0.6) is 0 Å². The second-order valence-corrected chi connectivity index (χ2v) is 12.6. The normalized spacial score (nSPS) is 17.4. The quantitative estimate of drug-likeness (QED) is 0.247. The minimum atomic E-state index is -3.57. The molecule has 0 saturated carbocycles. The Balaban J connectivity index is 1.33. The molecule has 1 unspecified atom stereocenters. The van der Waals surface area contributed by atoms with E-state index in [0.29, 0.717) is 36.8 Å². The number of amidine groups is 1. The molecule has 3 aromatic rings. The number of nitrogens with two attached hydrogens (primary N) is 1. The minimum absolute atomic E-state index is 0.135. The number of sulfonamides is 1. The molecule has 212 valence electrons. The molecule has 0 amide bonds. The highest BCUT2D eigenvalue weighted by Gasteiger charge is 2.28. The number of pyridine rings is 1. The predicted molar refractivity (Wildman–Crippen MR) is 166 cm³/mol. The molecule has 0 aliphatic heterocycles. The average Bonchev–Trinajstić information content (AvgIpc) is 3.28. The lowest BCUT2D eigenvalue weighted by Crippen LogP contribution is -2.38. The molecular weight excluding hydrogens is 530 g/mol. The van der Waals surface area contributed by atoms with Crippen molar-refractivity contribution in [3.63, 3.8) is 0 Å². The fraction of sp³-hybridized carbons (Fsp3) is 0.273. The van der Waals surface area contributed by atoms with Crippen molar-refractivity contribution in [1.29, 1.82) is 0 Å². The van der Waals surface area contributed by atoms with E-state index >= 15 is 0 Å². The Bertz CT molecular complexity index is 1560. The molecule has 41 heavy (non-hydrogen) atoms. The fourth-order valence-corrected chi connectivity index (χ4v) is 6.62. The van der Waals surface area contributed by atoms with E-state index in [9.17, 15) is 8.42 Å². The van der Waals surface area contributed by atoms with Gasteiger partial charge in [-0.3, -0.25) is 9.88 Å². The summed E-state index contributed by atoms with van der Waals surface area (Å²) in [6.07, 6.45) is 14.6. The lowest BCUT2D eigenvalue weighted by atomic mass is 9.90. The number of hydrogen-bond acceptors (Lipinski definition) is 5. The van der Waals surface area contributed by atoms with Gasteiger partial charge < -0.3 is 5.73 Å². The van der Waals surface area contributed by atoms with E-state index in [1.807, 2.05) is 66.9 Å². The molecule has 2 aliphatic carbocycles. The van der Waals surface area contributed by atoms with E-state index in [0.717, 1.165) is 41.8 Å². The van der Waals surface area contributed by atoms with E-state index in [2.05, 4.69) is 28.1 Å². The lowest BCUT2D eigenvalue weighted by molar-refractivity contribution is 0.191. The first-order valence-corrected chi connectivity index (χ1v) is 15.5. The van der Waals surface area contributed by atoms with Crippen LogP contribution in [0, 0.1) is 0 Å². The van der Waals surface area contributed by atoms with Gasteiger partial charge in [0.05, 0.1) is 28.9 Å². The number of para-hydroxylation sites is 1. The maximum Gasteiger partial charge on any atom is 0.242 e. The average molecular weight is 568 g/mol. The van der Waals surface area contributed by atoms with Gasteiger partial charge in [-0.1, -0.05) is 72.8 Å². The van der Waals surface area contributed by atoms with Gasteiger partial charge >= 0.3 is 0 Å². The van der Waals surface area contributed by atoms with Crippen molar-refractivity contribution in [2.45, 2.75) is 44.8 Å². The molecule has 0 radical (unpaired) electrons. The van der Waals surface area contributed by atoms with Crippen molar-refractivity contribution in [1.82, 2.24) is 14.2 Å².